The Balaban J connectivity index is 1.22. The molecule has 6 nitrogen and oxygen atoms in total. The average Bonchev–Trinajstić information content (AvgIpc) is 3.07. The molecule has 5 atom stereocenters. The van der Waals surface area contributed by atoms with Crippen LogP contribution in [0.15, 0.2) is 11.4 Å². The van der Waals surface area contributed by atoms with Crippen molar-refractivity contribution in [3.8, 4) is 0 Å². The zero-order chi connectivity index (χ0) is 22.2. The van der Waals surface area contributed by atoms with Crippen LogP contribution >= 0.6 is 22.7 Å². The topological polar surface area (TPSA) is 71.0 Å². The number of fused-ring (bicyclic) bond motifs is 3. The van der Waals surface area contributed by atoms with Crippen molar-refractivity contribution in [2.24, 2.45) is 0 Å². The van der Waals surface area contributed by atoms with E-state index < -0.39 is 0 Å². The van der Waals surface area contributed by atoms with Gasteiger partial charge in [-0.1, -0.05) is 0 Å². The summed E-state index contributed by atoms with van der Waals surface area (Å²) in [6.45, 7) is 6.32. The van der Waals surface area contributed by atoms with Crippen LogP contribution < -0.4 is 5.32 Å². The van der Waals surface area contributed by atoms with E-state index in [4.69, 9.17) is 9.97 Å². The number of piperidine rings is 1. The molecule has 2 aliphatic heterocycles. The van der Waals surface area contributed by atoms with E-state index in [0.717, 1.165) is 41.3 Å². The van der Waals surface area contributed by atoms with Gasteiger partial charge >= 0.3 is 0 Å². The van der Waals surface area contributed by atoms with Crippen molar-refractivity contribution >= 4 is 38.8 Å². The molecule has 3 aromatic rings. The Kier molecular flexibility index (Phi) is 4.72. The van der Waals surface area contributed by atoms with Gasteiger partial charge in [0.2, 0.25) is 0 Å². The van der Waals surface area contributed by atoms with Gasteiger partial charge in [0.05, 0.1) is 11.4 Å². The van der Waals surface area contributed by atoms with Gasteiger partial charge < -0.3 is 10.2 Å². The Hall–Kier alpha value is -1.90. The van der Waals surface area contributed by atoms with Gasteiger partial charge in [-0.2, -0.15) is 0 Å². The van der Waals surface area contributed by atoms with E-state index in [1.807, 2.05) is 18.9 Å². The first-order valence-electron chi connectivity index (χ1n) is 11.6. The van der Waals surface area contributed by atoms with E-state index >= 15 is 0 Å². The SMILES string of the molecule is Cc1nc([C@H]2C[C@@H]2c2sc(C(=O)N(C)[C@H]3C[C@@H]4CC[C@](C)(C3)N4)nc2C)c2ccsc2n1. The van der Waals surface area contributed by atoms with Crippen LogP contribution in [-0.4, -0.2) is 50.4 Å². The Morgan fingerprint density at radius 1 is 1.22 bits per heavy atom. The first kappa shape index (κ1) is 20.7. The smallest absolute Gasteiger partial charge is 0.282 e. The molecule has 1 amide bonds. The molecule has 8 heteroatoms. The second-order valence-electron chi connectivity index (χ2n) is 10.2. The first-order chi connectivity index (χ1) is 15.3. The molecular formula is C24H29N5OS2. The molecule has 2 bridgehead atoms. The minimum atomic E-state index is 0.0783. The summed E-state index contributed by atoms with van der Waals surface area (Å²) < 4.78 is 0. The highest BCUT2D eigenvalue weighted by atomic mass is 32.1. The van der Waals surface area contributed by atoms with E-state index in [1.54, 1.807) is 22.7 Å². The molecule has 32 heavy (non-hydrogen) atoms. The summed E-state index contributed by atoms with van der Waals surface area (Å²) in [6, 6.07) is 2.97. The monoisotopic (exact) mass is 467 g/mol. The lowest BCUT2D eigenvalue weighted by atomic mass is 9.88. The van der Waals surface area contributed by atoms with Gasteiger partial charge in [-0.15, -0.1) is 22.7 Å². The van der Waals surface area contributed by atoms with Crippen molar-refractivity contribution in [2.75, 3.05) is 7.05 Å². The fraction of sp³-hybridized carbons (Fsp3) is 0.583. The normalized spacial score (nSPS) is 31.2. The molecule has 2 saturated heterocycles. The van der Waals surface area contributed by atoms with Crippen LogP contribution in [0.5, 0.6) is 0 Å². The number of aryl methyl sites for hydroxylation is 2. The number of hydrogen-bond acceptors (Lipinski definition) is 7. The van der Waals surface area contributed by atoms with E-state index in [2.05, 4.69) is 35.6 Å². The van der Waals surface area contributed by atoms with Gasteiger partial charge in [0.15, 0.2) is 5.01 Å². The van der Waals surface area contributed by atoms with E-state index in [1.165, 1.54) is 23.1 Å². The van der Waals surface area contributed by atoms with Crippen molar-refractivity contribution < 1.29 is 4.79 Å². The molecule has 3 fully saturated rings. The number of carbonyl (C=O) groups is 1. The lowest BCUT2D eigenvalue weighted by molar-refractivity contribution is 0.0648. The van der Waals surface area contributed by atoms with Crippen LogP contribution in [-0.2, 0) is 0 Å². The Morgan fingerprint density at radius 3 is 2.88 bits per heavy atom. The molecule has 5 heterocycles. The lowest BCUT2D eigenvalue weighted by Crippen LogP contribution is -2.54. The summed E-state index contributed by atoms with van der Waals surface area (Å²) in [7, 11) is 1.97. The molecule has 6 rings (SSSR count). The fourth-order valence-electron chi connectivity index (χ4n) is 5.91. The molecule has 1 N–H and O–H groups in total. The third-order valence-electron chi connectivity index (χ3n) is 7.67. The predicted molar refractivity (Wildman–Crippen MR) is 129 cm³/mol. The van der Waals surface area contributed by atoms with Crippen LogP contribution in [0.3, 0.4) is 0 Å². The van der Waals surface area contributed by atoms with Crippen LogP contribution in [0, 0.1) is 13.8 Å². The summed E-state index contributed by atoms with van der Waals surface area (Å²) in [6.07, 6.45) is 5.57. The van der Waals surface area contributed by atoms with Gasteiger partial charge in [0.25, 0.3) is 5.91 Å². The van der Waals surface area contributed by atoms with Crippen LogP contribution in [0.2, 0.25) is 0 Å². The van der Waals surface area contributed by atoms with Crippen LogP contribution in [0.25, 0.3) is 10.2 Å². The van der Waals surface area contributed by atoms with E-state index in [0.29, 0.717) is 28.9 Å². The maximum atomic E-state index is 13.4. The Labute approximate surface area is 196 Å². The second-order valence-corrected chi connectivity index (χ2v) is 12.1. The molecule has 168 valence electrons. The Morgan fingerprint density at radius 2 is 2.06 bits per heavy atom. The number of carbonyl (C=O) groups excluding carboxylic acids is 1. The highest BCUT2D eigenvalue weighted by molar-refractivity contribution is 7.16. The minimum Gasteiger partial charge on any atom is -0.337 e. The van der Waals surface area contributed by atoms with Crippen LogP contribution in [0.1, 0.15) is 82.8 Å². The zero-order valence-corrected chi connectivity index (χ0v) is 20.6. The maximum absolute atomic E-state index is 13.4. The van der Waals surface area contributed by atoms with Gasteiger partial charge in [-0.25, -0.2) is 15.0 Å². The molecule has 0 aromatic carbocycles. The summed E-state index contributed by atoms with van der Waals surface area (Å²) in [4.78, 5) is 31.8. The Bertz CT molecular complexity index is 1220. The van der Waals surface area contributed by atoms with Crippen molar-refractivity contribution in [2.45, 2.75) is 82.3 Å². The van der Waals surface area contributed by atoms with Gasteiger partial charge in [0.1, 0.15) is 10.7 Å². The number of thiazole rings is 1. The standard InChI is InChI=1S/C24H29N5OS2/c1-12-20(18-10-17(18)19-16-6-8-31-21(16)27-13(2)26-19)32-22(25-12)23(30)29(4)15-9-14-5-7-24(3,11-15)28-14/h6,8,14-15,17-18,28H,5,7,9-11H2,1-4H3/t14-,15-,17-,18-,24+/m0/s1. The second kappa shape index (κ2) is 7.30. The highest BCUT2D eigenvalue weighted by Gasteiger charge is 2.46. The predicted octanol–water partition coefficient (Wildman–Crippen LogP) is 4.78. The van der Waals surface area contributed by atoms with Crippen molar-refractivity contribution in [3.63, 3.8) is 0 Å². The third kappa shape index (κ3) is 3.38. The largest absolute Gasteiger partial charge is 0.337 e. The quantitative estimate of drug-likeness (QED) is 0.598. The average molecular weight is 468 g/mol. The van der Waals surface area contributed by atoms with Crippen molar-refractivity contribution in [3.05, 3.63) is 38.5 Å². The number of amides is 1. The molecule has 3 aromatic heterocycles. The number of rotatable bonds is 4. The zero-order valence-electron chi connectivity index (χ0n) is 19.0. The van der Waals surface area contributed by atoms with Crippen molar-refractivity contribution in [1.29, 1.82) is 0 Å². The van der Waals surface area contributed by atoms with Gasteiger partial charge in [-0.3, -0.25) is 4.79 Å². The van der Waals surface area contributed by atoms with Gasteiger partial charge in [-0.05, 0) is 64.3 Å². The molecular weight excluding hydrogens is 438 g/mol. The summed E-state index contributed by atoms with van der Waals surface area (Å²) in [5, 5.41) is 7.66. The maximum Gasteiger partial charge on any atom is 0.282 e. The van der Waals surface area contributed by atoms with Gasteiger partial charge in [0, 0.05) is 46.8 Å². The molecule has 1 saturated carbocycles. The molecule has 0 unspecified atom stereocenters. The molecule has 0 radical (unpaired) electrons. The molecule has 3 aliphatic rings. The lowest BCUT2D eigenvalue weighted by Gasteiger charge is -2.40. The molecule has 0 spiro atoms. The van der Waals surface area contributed by atoms with Crippen molar-refractivity contribution in [1.82, 2.24) is 25.2 Å². The fourth-order valence-corrected chi connectivity index (χ4v) is 7.96. The number of hydrogen-bond donors (Lipinski definition) is 1. The highest BCUT2D eigenvalue weighted by Crippen LogP contribution is 2.57. The summed E-state index contributed by atoms with van der Waals surface area (Å²) in [5.74, 6) is 1.72. The number of aromatic nitrogens is 3. The van der Waals surface area contributed by atoms with E-state index in [9.17, 15) is 4.79 Å². The molecule has 1 aliphatic carbocycles. The third-order valence-corrected chi connectivity index (χ3v) is 9.75. The number of thiophene rings is 1. The van der Waals surface area contributed by atoms with Crippen LogP contribution in [0.4, 0.5) is 0 Å². The minimum absolute atomic E-state index is 0.0783. The number of nitrogens with zero attached hydrogens (tertiary/aromatic N) is 4. The summed E-state index contributed by atoms with van der Waals surface area (Å²) >= 11 is 3.27. The first-order valence-corrected chi connectivity index (χ1v) is 13.2. The van der Waals surface area contributed by atoms with E-state index in [-0.39, 0.29) is 11.4 Å². The number of nitrogens with one attached hydrogen (secondary N) is 1. The summed E-state index contributed by atoms with van der Waals surface area (Å²) in [5.41, 5.74) is 2.34.